The average molecular weight is 287 g/mol. The first kappa shape index (κ1) is 15.3. The van der Waals surface area contributed by atoms with Crippen molar-refractivity contribution >= 4 is 21.6 Å². The number of amides is 1. The van der Waals surface area contributed by atoms with Crippen LogP contribution >= 0.6 is 0 Å². The zero-order valence-corrected chi connectivity index (χ0v) is 11.5. The molecule has 19 heavy (non-hydrogen) atoms. The van der Waals surface area contributed by atoms with Crippen LogP contribution in [0.1, 0.15) is 20.3 Å². The summed E-state index contributed by atoms with van der Waals surface area (Å²) in [6.07, 6.45) is 1.20. The maximum absolute atomic E-state index is 12.2. The Hall–Kier alpha value is -1.71. The number of aromatic nitrogens is 1. The van der Waals surface area contributed by atoms with Gasteiger partial charge in [0.2, 0.25) is 5.91 Å². The van der Waals surface area contributed by atoms with E-state index in [2.05, 4.69) is 15.1 Å². The SMILES string of the molecule is CC(C)(CC(N)=O)NS(=O)(=O)c1ncccc1NN. The van der Waals surface area contributed by atoms with E-state index in [4.69, 9.17) is 11.6 Å². The highest BCUT2D eigenvalue weighted by molar-refractivity contribution is 7.89. The van der Waals surface area contributed by atoms with Gasteiger partial charge in [-0.05, 0) is 26.0 Å². The van der Waals surface area contributed by atoms with Crippen molar-refractivity contribution in [2.75, 3.05) is 5.43 Å². The van der Waals surface area contributed by atoms with Crippen molar-refractivity contribution in [3.8, 4) is 0 Å². The summed E-state index contributed by atoms with van der Waals surface area (Å²) in [5.41, 5.74) is 6.46. The normalized spacial score (nSPS) is 12.2. The van der Waals surface area contributed by atoms with E-state index in [0.717, 1.165) is 0 Å². The quantitative estimate of drug-likeness (QED) is 0.403. The van der Waals surface area contributed by atoms with Crippen LogP contribution in [0.25, 0.3) is 0 Å². The van der Waals surface area contributed by atoms with Gasteiger partial charge in [0, 0.05) is 18.2 Å². The van der Waals surface area contributed by atoms with Gasteiger partial charge in [0.25, 0.3) is 10.0 Å². The summed E-state index contributed by atoms with van der Waals surface area (Å²) in [7, 11) is -3.92. The first-order valence-electron chi connectivity index (χ1n) is 5.42. The van der Waals surface area contributed by atoms with E-state index in [9.17, 15) is 13.2 Å². The van der Waals surface area contributed by atoms with Crippen LogP contribution < -0.4 is 21.7 Å². The summed E-state index contributed by atoms with van der Waals surface area (Å²) in [4.78, 5) is 14.7. The number of sulfonamides is 1. The van der Waals surface area contributed by atoms with Crippen LogP contribution in [-0.4, -0.2) is 24.8 Å². The van der Waals surface area contributed by atoms with Crippen molar-refractivity contribution in [1.29, 1.82) is 0 Å². The molecule has 0 unspecified atom stereocenters. The number of nitrogen functional groups attached to an aromatic ring is 1. The lowest BCUT2D eigenvalue weighted by Gasteiger charge is -2.24. The number of pyridine rings is 1. The topological polar surface area (TPSA) is 140 Å². The number of primary amides is 1. The highest BCUT2D eigenvalue weighted by atomic mass is 32.2. The molecule has 1 amide bonds. The standard InChI is InChI=1S/C10H17N5O3S/c1-10(2,6-8(11)16)15-19(17,18)9-7(14-12)4-3-5-13-9/h3-5,14-15H,6,12H2,1-2H3,(H2,11,16). The Morgan fingerprint density at radius 1 is 1.47 bits per heavy atom. The van der Waals surface area contributed by atoms with Gasteiger partial charge in [0.1, 0.15) is 0 Å². The van der Waals surface area contributed by atoms with Crippen LogP contribution in [0.2, 0.25) is 0 Å². The molecule has 0 radical (unpaired) electrons. The van der Waals surface area contributed by atoms with Gasteiger partial charge < -0.3 is 11.2 Å². The smallest absolute Gasteiger partial charge is 0.260 e. The molecule has 1 aromatic heterocycles. The summed E-state index contributed by atoms with van der Waals surface area (Å²) < 4.78 is 26.7. The number of carbonyl (C=O) groups is 1. The second-order valence-corrected chi connectivity index (χ2v) is 6.23. The highest BCUT2D eigenvalue weighted by Crippen LogP contribution is 2.19. The maximum Gasteiger partial charge on any atom is 0.260 e. The van der Waals surface area contributed by atoms with Gasteiger partial charge in [-0.3, -0.25) is 10.6 Å². The van der Waals surface area contributed by atoms with Crippen LogP contribution in [0, 0.1) is 0 Å². The Morgan fingerprint density at radius 2 is 2.11 bits per heavy atom. The molecule has 6 N–H and O–H groups in total. The van der Waals surface area contributed by atoms with Crippen molar-refractivity contribution in [1.82, 2.24) is 9.71 Å². The fourth-order valence-electron chi connectivity index (χ4n) is 1.60. The van der Waals surface area contributed by atoms with Gasteiger partial charge in [-0.15, -0.1) is 0 Å². The van der Waals surface area contributed by atoms with Crippen molar-refractivity contribution in [3.05, 3.63) is 18.3 Å². The number of rotatable bonds is 6. The van der Waals surface area contributed by atoms with Crippen LogP contribution in [-0.2, 0) is 14.8 Å². The van der Waals surface area contributed by atoms with Crippen molar-refractivity contribution in [2.24, 2.45) is 11.6 Å². The molecule has 1 rings (SSSR count). The predicted octanol–water partition coefficient (Wildman–Crippen LogP) is -0.700. The van der Waals surface area contributed by atoms with E-state index >= 15 is 0 Å². The van der Waals surface area contributed by atoms with Crippen LogP contribution in [0.5, 0.6) is 0 Å². The number of hydrogen-bond donors (Lipinski definition) is 4. The third-order valence-electron chi connectivity index (χ3n) is 2.21. The molecular weight excluding hydrogens is 270 g/mol. The molecule has 8 nitrogen and oxygen atoms in total. The Morgan fingerprint density at radius 3 is 2.63 bits per heavy atom. The van der Waals surface area contributed by atoms with Gasteiger partial charge in [-0.2, -0.15) is 0 Å². The fourth-order valence-corrected chi connectivity index (χ4v) is 3.11. The monoisotopic (exact) mass is 287 g/mol. The Bertz CT molecular complexity index is 570. The van der Waals surface area contributed by atoms with Gasteiger partial charge >= 0.3 is 0 Å². The summed E-state index contributed by atoms with van der Waals surface area (Å²) in [5, 5.41) is -0.241. The molecule has 0 spiro atoms. The Labute approximate surface area is 111 Å². The van der Waals surface area contributed by atoms with Gasteiger partial charge in [0.15, 0.2) is 5.03 Å². The molecule has 0 aliphatic carbocycles. The number of nitrogens with two attached hydrogens (primary N) is 2. The molecule has 0 aromatic carbocycles. The molecule has 0 atom stereocenters. The number of nitrogens with one attached hydrogen (secondary N) is 2. The van der Waals surface area contributed by atoms with E-state index in [-0.39, 0.29) is 17.1 Å². The molecule has 0 aliphatic heterocycles. The molecule has 106 valence electrons. The van der Waals surface area contributed by atoms with E-state index in [1.165, 1.54) is 12.3 Å². The first-order valence-corrected chi connectivity index (χ1v) is 6.90. The summed E-state index contributed by atoms with van der Waals surface area (Å²) in [6, 6.07) is 3.02. The number of hydrogen-bond acceptors (Lipinski definition) is 6. The zero-order chi connectivity index (χ0) is 14.7. The summed E-state index contributed by atoms with van der Waals surface area (Å²) in [6.45, 7) is 3.10. The Balaban J connectivity index is 3.08. The minimum atomic E-state index is -3.92. The highest BCUT2D eigenvalue weighted by Gasteiger charge is 2.30. The maximum atomic E-state index is 12.2. The van der Waals surface area contributed by atoms with Crippen molar-refractivity contribution in [3.63, 3.8) is 0 Å². The molecule has 0 aliphatic rings. The van der Waals surface area contributed by atoms with Crippen molar-refractivity contribution in [2.45, 2.75) is 30.8 Å². The number of nitrogens with zero attached hydrogens (tertiary/aromatic N) is 1. The lowest BCUT2D eigenvalue weighted by atomic mass is 10.0. The molecule has 0 saturated carbocycles. The molecule has 1 aromatic rings. The van der Waals surface area contributed by atoms with E-state index in [1.54, 1.807) is 19.9 Å². The van der Waals surface area contributed by atoms with Crippen molar-refractivity contribution < 1.29 is 13.2 Å². The minimum absolute atomic E-state index is 0.134. The number of anilines is 1. The zero-order valence-electron chi connectivity index (χ0n) is 10.7. The lowest BCUT2D eigenvalue weighted by molar-refractivity contribution is -0.119. The minimum Gasteiger partial charge on any atom is -0.370 e. The van der Waals surface area contributed by atoms with Gasteiger partial charge in [-0.25, -0.2) is 18.1 Å². The molecular formula is C10H17N5O3S. The summed E-state index contributed by atoms with van der Waals surface area (Å²) >= 11 is 0. The predicted molar refractivity (Wildman–Crippen MR) is 70.3 cm³/mol. The molecule has 9 heteroatoms. The molecule has 0 fully saturated rings. The number of hydrazine groups is 1. The molecule has 0 bridgehead atoms. The second kappa shape index (κ2) is 5.51. The van der Waals surface area contributed by atoms with Gasteiger partial charge in [-0.1, -0.05) is 0 Å². The Kier molecular flexibility index (Phi) is 4.45. The molecule has 0 saturated heterocycles. The van der Waals surface area contributed by atoms with E-state index in [0.29, 0.717) is 0 Å². The van der Waals surface area contributed by atoms with Crippen LogP contribution in [0.15, 0.2) is 23.4 Å². The lowest BCUT2D eigenvalue weighted by Crippen LogP contribution is -2.46. The first-order chi connectivity index (χ1) is 8.68. The fraction of sp³-hybridized carbons (Fsp3) is 0.400. The molecule has 1 heterocycles. The van der Waals surface area contributed by atoms with E-state index in [1.807, 2.05) is 0 Å². The second-order valence-electron chi connectivity index (χ2n) is 4.63. The largest absolute Gasteiger partial charge is 0.370 e. The summed E-state index contributed by atoms with van der Waals surface area (Å²) in [5.74, 6) is 4.63. The third-order valence-corrected chi connectivity index (χ3v) is 3.86. The third kappa shape index (κ3) is 4.16. The van der Waals surface area contributed by atoms with Crippen LogP contribution in [0.4, 0.5) is 5.69 Å². The van der Waals surface area contributed by atoms with Crippen LogP contribution in [0.3, 0.4) is 0 Å². The average Bonchev–Trinajstić information content (AvgIpc) is 2.25. The van der Waals surface area contributed by atoms with E-state index < -0.39 is 21.5 Å². The number of carbonyl (C=O) groups excluding carboxylic acids is 1. The van der Waals surface area contributed by atoms with Gasteiger partial charge in [0.05, 0.1) is 5.69 Å².